The number of aryl methyl sites for hydroxylation is 2. The lowest BCUT2D eigenvalue weighted by Gasteiger charge is -2.20. The summed E-state index contributed by atoms with van der Waals surface area (Å²) in [6.45, 7) is 6.35. The zero-order valence-corrected chi connectivity index (χ0v) is 12.8. The van der Waals surface area contributed by atoms with E-state index in [-0.39, 0.29) is 5.41 Å². The summed E-state index contributed by atoms with van der Waals surface area (Å²) >= 11 is 0. The van der Waals surface area contributed by atoms with E-state index in [9.17, 15) is 5.11 Å². The molecule has 0 aliphatic heterocycles. The number of rotatable bonds is 0. The third-order valence-electron chi connectivity index (χ3n) is 4.38. The molecular weight excluding hydrogens is 248 g/mol. The van der Waals surface area contributed by atoms with Gasteiger partial charge in [-0.1, -0.05) is 33.6 Å². The second kappa shape index (κ2) is 4.83. The topological polar surface area (TPSA) is 33.4 Å². The van der Waals surface area contributed by atoms with Gasteiger partial charge in [0.05, 0.1) is 0 Å². The second-order valence-electron chi connectivity index (χ2n) is 7.03. The molecule has 0 saturated carbocycles. The maximum Gasteiger partial charge on any atom is 0.135 e. The van der Waals surface area contributed by atoms with Crippen LogP contribution in [0.2, 0.25) is 0 Å². The Labute approximate surface area is 120 Å². The van der Waals surface area contributed by atoms with Gasteiger partial charge in [0.25, 0.3) is 0 Å². The molecule has 2 aromatic rings. The van der Waals surface area contributed by atoms with Crippen LogP contribution in [0.3, 0.4) is 0 Å². The van der Waals surface area contributed by atoms with Crippen molar-refractivity contribution in [1.29, 1.82) is 0 Å². The summed E-state index contributed by atoms with van der Waals surface area (Å²) in [4.78, 5) is 0. The van der Waals surface area contributed by atoms with Crippen LogP contribution in [0.5, 0.6) is 5.75 Å². The molecule has 0 saturated heterocycles. The molecule has 2 heteroatoms. The Morgan fingerprint density at radius 3 is 2.40 bits per heavy atom. The fourth-order valence-corrected chi connectivity index (χ4v) is 3.25. The standard InChI is InChI=1S/C18H24O2/c1-18(2,3)14-11-17-13(10-15(14)19)12-8-6-4-5-7-9-16(12)20-17/h10-11,19H,4-9H2,1-3H3. The van der Waals surface area contributed by atoms with Crippen molar-refractivity contribution < 1.29 is 9.52 Å². The monoisotopic (exact) mass is 272 g/mol. The molecule has 0 bridgehead atoms. The Balaban J connectivity index is 2.17. The van der Waals surface area contributed by atoms with E-state index in [1.165, 1.54) is 31.2 Å². The Kier molecular flexibility index (Phi) is 3.27. The average Bonchev–Trinajstić information content (AvgIpc) is 2.63. The zero-order valence-electron chi connectivity index (χ0n) is 12.8. The molecule has 1 aromatic carbocycles. The second-order valence-corrected chi connectivity index (χ2v) is 7.03. The number of hydrogen-bond donors (Lipinski definition) is 1. The summed E-state index contributed by atoms with van der Waals surface area (Å²) in [7, 11) is 0. The van der Waals surface area contributed by atoms with Gasteiger partial charge >= 0.3 is 0 Å². The molecule has 3 rings (SSSR count). The highest BCUT2D eigenvalue weighted by atomic mass is 16.3. The molecule has 1 aliphatic carbocycles. The zero-order chi connectivity index (χ0) is 14.3. The first kappa shape index (κ1) is 13.5. The van der Waals surface area contributed by atoms with E-state index in [1.807, 2.05) is 12.1 Å². The molecule has 1 aromatic heterocycles. The molecule has 108 valence electrons. The van der Waals surface area contributed by atoms with E-state index in [0.717, 1.165) is 35.1 Å². The Morgan fingerprint density at radius 2 is 1.70 bits per heavy atom. The van der Waals surface area contributed by atoms with E-state index in [2.05, 4.69) is 20.8 Å². The van der Waals surface area contributed by atoms with E-state index in [0.29, 0.717) is 5.75 Å². The first-order valence-corrected chi connectivity index (χ1v) is 7.74. The van der Waals surface area contributed by atoms with Gasteiger partial charge < -0.3 is 9.52 Å². The molecule has 0 atom stereocenters. The molecule has 1 heterocycles. The number of phenols is 1. The smallest absolute Gasteiger partial charge is 0.135 e. The van der Waals surface area contributed by atoms with Crippen molar-refractivity contribution >= 4 is 11.0 Å². The van der Waals surface area contributed by atoms with E-state index in [4.69, 9.17) is 4.42 Å². The van der Waals surface area contributed by atoms with Crippen LogP contribution < -0.4 is 0 Å². The summed E-state index contributed by atoms with van der Waals surface area (Å²) in [6.07, 6.45) is 7.16. The normalized spacial score (nSPS) is 16.8. The van der Waals surface area contributed by atoms with Crippen LogP contribution in [-0.4, -0.2) is 5.11 Å². The minimum Gasteiger partial charge on any atom is -0.508 e. The largest absolute Gasteiger partial charge is 0.508 e. The van der Waals surface area contributed by atoms with Crippen molar-refractivity contribution in [3.05, 3.63) is 29.0 Å². The van der Waals surface area contributed by atoms with Crippen LogP contribution in [0, 0.1) is 0 Å². The lowest BCUT2D eigenvalue weighted by Crippen LogP contribution is -2.11. The predicted molar refractivity (Wildman–Crippen MR) is 82.5 cm³/mol. The highest BCUT2D eigenvalue weighted by Gasteiger charge is 2.22. The van der Waals surface area contributed by atoms with Crippen molar-refractivity contribution in [2.75, 3.05) is 0 Å². The minimum atomic E-state index is -0.0701. The average molecular weight is 272 g/mol. The van der Waals surface area contributed by atoms with Crippen molar-refractivity contribution in [3.8, 4) is 5.75 Å². The number of furan rings is 1. The molecule has 1 aliphatic rings. The van der Waals surface area contributed by atoms with Crippen LogP contribution in [0.1, 0.15) is 63.3 Å². The van der Waals surface area contributed by atoms with E-state index < -0.39 is 0 Å². The summed E-state index contributed by atoms with van der Waals surface area (Å²) in [5.74, 6) is 1.54. The van der Waals surface area contributed by atoms with Gasteiger partial charge in [-0.2, -0.15) is 0 Å². The molecule has 0 fully saturated rings. The van der Waals surface area contributed by atoms with Crippen LogP contribution in [-0.2, 0) is 18.3 Å². The third-order valence-corrected chi connectivity index (χ3v) is 4.38. The molecular formula is C18H24O2. The van der Waals surface area contributed by atoms with Crippen LogP contribution in [0.4, 0.5) is 0 Å². The van der Waals surface area contributed by atoms with Gasteiger partial charge in [-0.05, 0) is 36.8 Å². The van der Waals surface area contributed by atoms with Crippen LogP contribution in [0.25, 0.3) is 11.0 Å². The maximum absolute atomic E-state index is 10.3. The Morgan fingerprint density at radius 1 is 1.00 bits per heavy atom. The van der Waals surface area contributed by atoms with Crippen LogP contribution >= 0.6 is 0 Å². The number of phenolic OH excluding ortho intramolecular Hbond substituents is 1. The third kappa shape index (κ3) is 2.32. The Hall–Kier alpha value is -1.44. The van der Waals surface area contributed by atoms with Crippen LogP contribution in [0.15, 0.2) is 16.5 Å². The number of aromatic hydroxyl groups is 1. The van der Waals surface area contributed by atoms with Gasteiger partial charge in [0.2, 0.25) is 0 Å². The molecule has 20 heavy (non-hydrogen) atoms. The summed E-state index contributed by atoms with van der Waals surface area (Å²) in [6, 6.07) is 3.95. The maximum atomic E-state index is 10.3. The molecule has 2 nitrogen and oxygen atoms in total. The molecule has 1 N–H and O–H groups in total. The molecule has 0 unspecified atom stereocenters. The minimum absolute atomic E-state index is 0.0701. The lowest BCUT2D eigenvalue weighted by molar-refractivity contribution is 0.446. The molecule has 0 amide bonds. The van der Waals surface area contributed by atoms with E-state index in [1.54, 1.807) is 0 Å². The first-order chi connectivity index (χ1) is 9.47. The van der Waals surface area contributed by atoms with Gasteiger partial charge in [-0.25, -0.2) is 0 Å². The summed E-state index contributed by atoms with van der Waals surface area (Å²) in [5.41, 5.74) is 3.17. The quantitative estimate of drug-likeness (QED) is 0.724. The van der Waals surface area contributed by atoms with Gasteiger partial charge in [0.1, 0.15) is 17.1 Å². The van der Waals surface area contributed by atoms with Gasteiger partial charge in [-0.3, -0.25) is 0 Å². The number of fused-ring (bicyclic) bond motifs is 3. The number of benzene rings is 1. The molecule has 0 spiro atoms. The van der Waals surface area contributed by atoms with Gasteiger partial charge in [0.15, 0.2) is 0 Å². The Bertz CT molecular complexity index is 629. The van der Waals surface area contributed by atoms with Crippen molar-refractivity contribution in [1.82, 2.24) is 0 Å². The summed E-state index contributed by atoms with van der Waals surface area (Å²) < 4.78 is 6.11. The SMILES string of the molecule is CC(C)(C)c1cc2oc3c(c2cc1O)CCCCCC3. The highest BCUT2D eigenvalue weighted by molar-refractivity contribution is 5.85. The predicted octanol–water partition coefficient (Wildman–Crippen LogP) is 5.09. The van der Waals surface area contributed by atoms with Crippen molar-refractivity contribution in [2.45, 2.75) is 64.7 Å². The van der Waals surface area contributed by atoms with Gasteiger partial charge in [-0.15, -0.1) is 0 Å². The fourth-order valence-electron chi connectivity index (χ4n) is 3.25. The van der Waals surface area contributed by atoms with Crippen molar-refractivity contribution in [3.63, 3.8) is 0 Å². The van der Waals surface area contributed by atoms with E-state index >= 15 is 0 Å². The summed E-state index contributed by atoms with van der Waals surface area (Å²) in [5, 5.41) is 11.5. The lowest BCUT2D eigenvalue weighted by atomic mass is 9.85. The first-order valence-electron chi connectivity index (χ1n) is 7.74. The number of hydrogen-bond acceptors (Lipinski definition) is 2. The fraction of sp³-hybridized carbons (Fsp3) is 0.556. The van der Waals surface area contributed by atoms with Gasteiger partial charge in [0, 0.05) is 22.9 Å². The van der Waals surface area contributed by atoms with Crippen molar-refractivity contribution in [2.24, 2.45) is 0 Å². The molecule has 0 radical (unpaired) electrons. The highest BCUT2D eigenvalue weighted by Crippen LogP contribution is 2.38.